The van der Waals surface area contributed by atoms with Gasteiger partial charge in [-0.1, -0.05) is 0 Å². The van der Waals surface area contributed by atoms with Crippen LogP contribution in [0, 0.1) is 6.92 Å². The van der Waals surface area contributed by atoms with E-state index >= 15 is 0 Å². The summed E-state index contributed by atoms with van der Waals surface area (Å²) in [5.74, 6) is -0.408. The lowest BCUT2D eigenvalue weighted by Gasteiger charge is -2.09. The Hall–Kier alpha value is -1.29. The molecule has 0 spiro atoms. The molecule has 2 aromatic rings. The van der Waals surface area contributed by atoms with Crippen LogP contribution in [0.2, 0.25) is 0 Å². The highest BCUT2D eigenvalue weighted by Gasteiger charge is 2.28. The van der Waals surface area contributed by atoms with Crippen molar-refractivity contribution in [3.8, 4) is 0 Å². The monoisotopic (exact) mass is 415 g/mol. The van der Waals surface area contributed by atoms with Crippen LogP contribution in [0.3, 0.4) is 0 Å². The number of rotatable bonds is 5. The predicted octanol–water partition coefficient (Wildman–Crippen LogP) is 2.91. The van der Waals surface area contributed by atoms with Crippen LogP contribution in [0.25, 0.3) is 0 Å². The number of hydrogen-bond donors (Lipinski definition) is 2. The zero-order chi connectivity index (χ0) is 16.6. The molecule has 9 heteroatoms. The molecule has 1 fully saturated rings. The molecular weight excluding hydrogens is 402 g/mol. The second kappa shape index (κ2) is 6.31. The molecule has 0 bridgehead atoms. The first-order valence-electron chi connectivity index (χ1n) is 6.91. The zero-order valence-electron chi connectivity index (χ0n) is 12.2. The summed E-state index contributed by atoms with van der Waals surface area (Å²) in [5, 5.41) is 3.15. The number of nitrogens with zero attached hydrogens (tertiary/aromatic N) is 1. The third-order valence-corrected chi connectivity index (χ3v) is 6.27. The summed E-state index contributed by atoms with van der Waals surface area (Å²) >= 11 is 4.64. The van der Waals surface area contributed by atoms with Crippen LogP contribution in [0.15, 0.2) is 33.8 Å². The first-order valence-corrected chi connectivity index (χ1v) is 10.00. The molecule has 0 saturated heterocycles. The standard InChI is InChI=1S/C14H14BrN3O3S2/c1-8-7-16-14(22-8)17-13(19)11-6-10(4-5-12(11)15)23(20,21)18-9-2-3-9/h4-7,9,18H,2-3H2,1H3,(H,16,17,19). The number of sulfonamides is 1. The summed E-state index contributed by atoms with van der Waals surface area (Å²) in [6.07, 6.45) is 3.37. The highest BCUT2D eigenvalue weighted by molar-refractivity contribution is 9.10. The van der Waals surface area contributed by atoms with Crippen LogP contribution in [-0.2, 0) is 10.0 Å². The number of aromatic nitrogens is 1. The van der Waals surface area contributed by atoms with Gasteiger partial charge in [0.25, 0.3) is 5.91 Å². The van der Waals surface area contributed by atoms with Crippen molar-refractivity contribution < 1.29 is 13.2 Å². The SMILES string of the molecule is Cc1cnc(NC(=O)c2cc(S(=O)(=O)NC3CC3)ccc2Br)s1. The average Bonchev–Trinajstić information content (AvgIpc) is 3.19. The summed E-state index contributed by atoms with van der Waals surface area (Å²) in [7, 11) is -3.60. The van der Waals surface area contributed by atoms with Crippen LogP contribution >= 0.6 is 27.3 Å². The molecule has 1 aliphatic carbocycles. The van der Waals surface area contributed by atoms with Crippen molar-refractivity contribution in [2.75, 3.05) is 5.32 Å². The van der Waals surface area contributed by atoms with Crippen LogP contribution < -0.4 is 10.0 Å². The number of nitrogens with one attached hydrogen (secondary N) is 2. The van der Waals surface area contributed by atoms with E-state index in [1.807, 2.05) is 6.92 Å². The maximum Gasteiger partial charge on any atom is 0.258 e. The highest BCUT2D eigenvalue weighted by Crippen LogP contribution is 2.26. The van der Waals surface area contributed by atoms with E-state index in [0.717, 1.165) is 17.7 Å². The molecule has 2 N–H and O–H groups in total. The lowest BCUT2D eigenvalue weighted by Crippen LogP contribution is -2.26. The van der Waals surface area contributed by atoms with Gasteiger partial charge in [0.1, 0.15) is 0 Å². The fraction of sp³-hybridized carbons (Fsp3) is 0.286. The second-order valence-corrected chi connectivity index (χ2v) is 9.07. The zero-order valence-corrected chi connectivity index (χ0v) is 15.4. The molecule has 1 heterocycles. The first-order chi connectivity index (χ1) is 10.8. The number of benzene rings is 1. The molecule has 0 atom stereocenters. The molecule has 1 saturated carbocycles. The van der Waals surface area contributed by atoms with Gasteiger partial charge in [0, 0.05) is 21.6 Å². The smallest absolute Gasteiger partial charge is 0.258 e. The van der Waals surface area contributed by atoms with Crippen molar-refractivity contribution in [1.82, 2.24) is 9.71 Å². The lowest BCUT2D eigenvalue weighted by molar-refractivity contribution is 0.102. The van der Waals surface area contributed by atoms with Crippen molar-refractivity contribution in [2.24, 2.45) is 0 Å². The Morgan fingerprint density at radius 1 is 1.39 bits per heavy atom. The fourth-order valence-electron chi connectivity index (χ4n) is 1.91. The Kier molecular flexibility index (Phi) is 4.54. The minimum atomic E-state index is -3.60. The van der Waals surface area contributed by atoms with Crippen LogP contribution in [0.1, 0.15) is 28.1 Å². The average molecular weight is 416 g/mol. The van der Waals surface area contributed by atoms with E-state index < -0.39 is 15.9 Å². The van der Waals surface area contributed by atoms with E-state index in [9.17, 15) is 13.2 Å². The second-order valence-electron chi connectivity index (χ2n) is 5.27. The Morgan fingerprint density at radius 3 is 2.74 bits per heavy atom. The minimum absolute atomic E-state index is 0.0132. The highest BCUT2D eigenvalue weighted by atomic mass is 79.9. The van der Waals surface area contributed by atoms with E-state index in [-0.39, 0.29) is 16.5 Å². The summed E-state index contributed by atoms with van der Waals surface area (Å²) in [6, 6.07) is 4.41. The van der Waals surface area contributed by atoms with Crippen molar-refractivity contribution in [2.45, 2.75) is 30.7 Å². The van der Waals surface area contributed by atoms with Crippen molar-refractivity contribution in [1.29, 1.82) is 0 Å². The summed E-state index contributed by atoms with van der Waals surface area (Å²) in [6.45, 7) is 1.89. The molecular formula is C14H14BrN3O3S2. The fourth-order valence-corrected chi connectivity index (χ4v) is 4.33. The summed E-state index contributed by atoms with van der Waals surface area (Å²) in [5.41, 5.74) is 0.247. The van der Waals surface area contributed by atoms with E-state index in [2.05, 4.69) is 31.0 Å². The third kappa shape index (κ3) is 3.97. The molecule has 122 valence electrons. The van der Waals surface area contributed by atoms with Gasteiger partial charge in [-0.3, -0.25) is 10.1 Å². The van der Waals surface area contributed by atoms with Gasteiger partial charge >= 0.3 is 0 Å². The molecule has 0 aliphatic heterocycles. The maximum atomic E-state index is 12.4. The summed E-state index contributed by atoms with van der Waals surface area (Å²) < 4.78 is 27.6. The number of halogens is 1. The molecule has 23 heavy (non-hydrogen) atoms. The molecule has 6 nitrogen and oxygen atoms in total. The van der Waals surface area contributed by atoms with Gasteiger partial charge in [0.15, 0.2) is 5.13 Å². The molecule has 0 radical (unpaired) electrons. The van der Waals surface area contributed by atoms with Gasteiger partial charge in [-0.15, -0.1) is 11.3 Å². The van der Waals surface area contributed by atoms with Gasteiger partial charge < -0.3 is 0 Å². The topological polar surface area (TPSA) is 88.2 Å². The minimum Gasteiger partial charge on any atom is -0.298 e. The Bertz CT molecular complexity index is 860. The first kappa shape index (κ1) is 16.6. The van der Waals surface area contributed by atoms with E-state index in [1.165, 1.54) is 23.5 Å². The molecule has 1 aliphatic rings. The van der Waals surface area contributed by atoms with Gasteiger partial charge in [-0.2, -0.15) is 0 Å². The molecule has 1 aromatic carbocycles. The van der Waals surface area contributed by atoms with Gasteiger partial charge in [0.05, 0.1) is 10.5 Å². The normalized spacial score (nSPS) is 14.7. The van der Waals surface area contributed by atoms with E-state index in [0.29, 0.717) is 9.60 Å². The quantitative estimate of drug-likeness (QED) is 0.785. The van der Waals surface area contributed by atoms with E-state index in [4.69, 9.17) is 0 Å². The molecule has 0 unspecified atom stereocenters. The number of carbonyl (C=O) groups excluding carboxylic acids is 1. The Balaban J connectivity index is 1.86. The third-order valence-electron chi connectivity index (χ3n) is 3.23. The van der Waals surface area contributed by atoms with Crippen LogP contribution in [0.5, 0.6) is 0 Å². The predicted molar refractivity (Wildman–Crippen MR) is 92.3 cm³/mol. The lowest BCUT2D eigenvalue weighted by atomic mass is 10.2. The number of amides is 1. The molecule has 1 aromatic heterocycles. The van der Waals surface area contributed by atoms with Gasteiger partial charge in [0.2, 0.25) is 10.0 Å². The molecule has 3 rings (SSSR count). The number of aryl methyl sites for hydroxylation is 1. The number of hydrogen-bond acceptors (Lipinski definition) is 5. The van der Waals surface area contributed by atoms with Gasteiger partial charge in [-0.25, -0.2) is 18.1 Å². The van der Waals surface area contributed by atoms with Crippen molar-refractivity contribution in [3.63, 3.8) is 0 Å². The Morgan fingerprint density at radius 2 is 2.13 bits per heavy atom. The molecule has 1 amide bonds. The van der Waals surface area contributed by atoms with Gasteiger partial charge in [-0.05, 0) is 53.9 Å². The van der Waals surface area contributed by atoms with Crippen molar-refractivity contribution in [3.05, 3.63) is 39.3 Å². The number of thiazole rings is 1. The maximum absolute atomic E-state index is 12.4. The number of anilines is 1. The summed E-state index contributed by atoms with van der Waals surface area (Å²) in [4.78, 5) is 17.5. The van der Waals surface area contributed by atoms with Crippen molar-refractivity contribution >= 4 is 48.3 Å². The Labute approximate surface area is 146 Å². The van der Waals surface area contributed by atoms with Crippen LogP contribution in [0.4, 0.5) is 5.13 Å². The largest absolute Gasteiger partial charge is 0.298 e. The van der Waals surface area contributed by atoms with E-state index in [1.54, 1.807) is 12.3 Å². The van der Waals surface area contributed by atoms with Crippen LogP contribution in [-0.4, -0.2) is 25.4 Å². The number of carbonyl (C=O) groups is 1.